The summed E-state index contributed by atoms with van der Waals surface area (Å²) in [6.07, 6.45) is 0.144. The Morgan fingerprint density at radius 1 is 1.21 bits per heavy atom. The molecule has 2 aromatic rings. The minimum atomic E-state index is -0.809. The number of carbonyl (C=O) groups is 1. The van der Waals surface area contributed by atoms with Crippen LogP contribution in [0.2, 0.25) is 0 Å². The van der Waals surface area contributed by atoms with Gasteiger partial charge in [0, 0.05) is 12.1 Å². The highest BCUT2D eigenvalue weighted by molar-refractivity contribution is 6.02. The molecule has 0 radical (unpaired) electrons. The van der Waals surface area contributed by atoms with Crippen LogP contribution in [0.1, 0.15) is 54.3 Å². The summed E-state index contributed by atoms with van der Waals surface area (Å²) >= 11 is 0. The predicted molar refractivity (Wildman–Crippen MR) is 102 cm³/mol. The molecule has 1 aromatic carbocycles. The van der Waals surface area contributed by atoms with Gasteiger partial charge in [-0.2, -0.15) is 0 Å². The van der Waals surface area contributed by atoms with Crippen molar-refractivity contribution in [2.24, 2.45) is 5.16 Å². The molecular weight excluding hydrogens is 382 g/mol. The number of nitrogens with zero attached hydrogens (tertiary/aromatic N) is 2. The monoisotopic (exact) mass is 404 g/mol. The largest absolute Gasteiger partial charge is 0.506 e. The van der Waals surface area contributed by atoms with Crippen LogP contribution >= 0.6 is 0 Å². The maximum Gasteiger partial charge on any atom is 0.340 e. The smallest absolute Gasteiger partial charge is 0.340 e. The molecule has 0 aliphatic carbocycles. The van der Waals surface area contributed by atoms with E-state index < -0.39 is 23.4 Å². The van der Waals surface area contributed by atoms with Crippen LogP contribution in [-0.2, 0) is 16.1 Å². The lowest BCUT2D eigenvalue weighted by molar-refractivity contribution is -0.140. The lowest BCUT2D eigenvalue weighted by Crippen LogP contribution is -2.14. The van der Waals surface area contributed by atoms with Gasteiger partial charge >= 0.3 is 5.97 Å². The van der Waals surface area contributed by atoms with Crippen molar-refractivity contribution in [1.82, 2.24) is 4.98 Å². The lowest BCUT2D eigenvalue weighted by atomic mass is 9.96. The van der Waals surface area contributed by atoms with Crippen LogP contribution in [0.4, 0.5) is 8.78 Å². The molecule has 1 aliphatic rings. The Morgan fingerprint density at radius 2 is 1.86 bits per heavy atom. The fraction of sp³-hybridized carbons (Fsp3) is 0.381. The summed E-state index contributed by atoms with van der Waals surface area (Å²) in [6, 6.07) is 3.17. The SMILES string of the molecule is Cc1c(F)c(OCC2=NOC(=O)C2)c(F)c(C)c1Cc1ccc(O)c(C(C)C)n1. The van der Waals surface area contributed by atoms with Gasteiger partial charge in [-0.1, -0.05) is 19.0 Å². The Labute approximate surface area is 167 Å². The molecule has 6 nitrogen and oxygen atoms in total. The molecule has 1 aromatic heterocycles. The number of carbonyl (C=O) groups excluding carboxylic acids is 1. The van der Waals surface area contributed by atoms with Crippen LogP contribution in [-0.4, -0.2) is 28.4 Å². The van der Waals surface area contributed by atoms with E-state index in [0.29, 0.717) is 17.0 Å². The average Bonchev–Trinajstić information content (AvgIpc) is 3.10. The van der Waals surface area contributed by atoms with Gasteiger partial charge in [0.05, 0.1) is 12.1 Å². The first kappa shape index (κ1) is 20.7. The summed E-state index contributed by atoms with van der Waals surface area (Å²) < 4.78 is 35.0. The fourth-order valence-electron chi connectivity index (χ4n) is 3.17. The number of hydrogen-bond acceptors (Lipinski definition) is 6. The van der Waals surface area contributed by atoms with E-state index in [1.807, 2.05) is 13.8 Å². The van der Waals surface area contributed by atoms with Crippen molar-refractivity contribution in [1.29, 1.82) is 0 Å². The molecule has 2 heterocycles. The summed E-state index contributed by atoms with van der Waals surface area (Å²) in [6.45, 7) is 6.66. The first-order valence-electron chi connectivity index (χ1n) is 9.23. The van der Waals surface area contributed by atoms with Gasteiger partial charge in [0.1, 0.15) is 18.1 Å². The second kappa shape index (κ2) is 8.14. The van der Waals surface area contributed by atoms with Gasteiger partial charge in [0.25, 0.3) is 0 Å². The maximum atomic E-state index is 14.9. The molecule has 0 saturated heterocycles. The van der Waals surface area contributed by atoms with E-state index in [2.05, 4.69) is 15.0 Å². The molecule has 1 N–H and O–H groups in total. The molecule has 0 spiro atoms. The van der Waals surface area contributed by atoms with Gasteiger partial charge in [-0.05, 0) is 48.6 Å². The molecule has 0 amide bonds. The highest BCUT2D eigenvalue weighted by atomic mass is 19.1. The van der Waals surface area contributed by atoms with Crippen molar-refractivity contribution in [3.8, 4) is 11.5 Å². The van der Waals surface area contributed by atoms with Gasteiger partial charge in [-0.3, -0.25) is 4.98 Å². The average molecular weight is 404 g/mol. The normalized spacial score (nSPS) is 13.6. The lowest BCUT2D eigenvalue weighted by Gasteiger charge is -2.17. The molecular formula is C21H22F2N2O4. The van der Waals surface area contributed by atoms with Crippen molar-refractivity contribution < 1.29 is 28.3 Å². The molecule has 0 bridgehead atoms. The van der Waals surface area contributed by atoms with E-state index >= 15 is 0 Å². The number of halogens is 2. The zero-order valence-electron chi connectivity index (χ0n) is 16.7. The third-order valence-electron chi connectivity index (χ3n) is 4.84. The summed E-state index contributed by atoms with van der Waals surface area (Å²) in [5.74, 6) is -2.55. The molecule has 0 unspecified atom stereocenters. The molecule has 0 saturated carbocycles. The molecule has 3 rings (SSSR count). The van der Waals surface area contributed by atoms with Crippen molar-refractivity contribution in [3.63, 3.8) is 0 Å². The van der Waals surface area contributed by atoms with E-state index in [4.69, 9.17) is 4.74 Å². The Balaban J connectivity index is 1.89. The minimum Gasteiger partial charge on any atom is -0.506 e. The molecule has 0 atom stereocenters. The molecule has 1 aliphatic heterocycles. The summed E-state index contributed by atoms with van der Waals surface area (Å²) in [4.78, 5) is 19.9. The van der Waals surface area contributed by atoms with Crippen molar-refractivity contribution in [2.75, 3.05) is 6.61 Å². The van der Waals surface area contributed by atoms with Gasteiger partial charge < -0.3 is 14.7 Å². The number of benzene rings is 1. The Kier molecular flexibility index (Phi) is 5.81. The van der Waals surface area contributed by atoms with Crippen LogP contribution in [0.3, 0.4) is 0 Å². The number of pyridine rings is 1. The highest BCUT2D eigenvalue weighted by Crippen LogP contribution is 2.33. The van der Waals surface area contributed by atoms with Crippen molar-refractivity contribution >= 4 is 11.7 Å². The number of rotatable bonds is 6. The van der Waals surface area contributed by atoms with Crippen LogP contribution in [0.25, 0.3) is 0 Å². The van der Waals surface area contributed by atoms with E-state index in [1.54, 1.807) is 19.9 Å². The van der Waals surface area contributed by atoms with Gasteiger partial charge in [-0.15, -0.1) is 0 Å². The highest BCUT2D eigenvalue weighted by Gasteiger charge is 2.24. The summed E-state index contributed by atoms with van der Waals surface area (Å²) in [5.41, 5.74) is 2.37. The molecule has 8 heteroatoms. The first-order chi connectivity index (χ1) is 13.7. The Bertz CT molecular complexity index is 974. The topological polar surface area (TPSA) is 81.0 Å². The molecule has 0 fully saturated rings. The standard InChI is InChI=1S/C21H22F2N2O4/c1-10(2)20-16(26)6-5-13(24-20)7-15-11(3)18(22)21(19(23)12(15)4)28-9-14-8-17(27)29-25-14/h5-6,10,26H,7-9H2,1-4H3. The van der Waals surface area contributed by atoms with E-state index in [1.165, 1.54) is 6.07 Å². The second-order valence-electron chi connectivity index (χ2n) is 7.31. The van der Waals surface area contributed by atoms with E-state index in [0.717, 1.165) is 0 Å². The third kappa shape index (κ3) is 4.21. The molecule has 29 heavy (non-hydrogen) atoms. The van der Waals surface area contributed by atoms with Gasteiger partial charge in [-0.25, -0.2) is 13.6 Å². The van der Waals surface area contributed by atoms with Crippen LogP contribution in [0.15, 0.2) is 17.3 Å². The van der Waals surface area contributed by atoms with Crippen molar-refractivity contribution in [3.05, 3.63) is 51.8 Å². The molecule has 154 valence electrons. The number of hydrogen-bond donors (Lipinski definition) is 1. The number of aromatic nitrogens is 1. The number of aromatic hydroxyl groups is 1. The first-order valence-corrected chi connectivity index (χ1v) is 9.23. The Morgan fingerprint density at radius 3 is 2.41 bits per heavy atom. The number of oxime groups is 1. The van der Waals surface area contributed by atoms with Crippen LogP contribution in [0, 0.1) is 25.5 Å². The quantitative estimate of drug-likeness (QED) is 0.734. The zero-order valence-corrected chi connectivity index (χ0v) is 16.7. The fourth-order valence-corrected chi connectivity index (χ4v) is 3.17. The minimum absolute atomic E-state index is 0.00996. The second-order valence-corrected chi connectivity index (χ2v) is 7.31. The number of ether oxygens (including phenoxy) is 1. The van der Waals surface area contributed by atoms with Crippen LogP contribution in [0.5, 0.6) is 11.5 Å². The maximum absolute atomic E-state index is 14.9. The van der Waals surface area contributed by atoms with Gasteiger partial charge in [0.15, 0.2) is 17.4 Å². The third-order valence-corrected chi connectivity index (χ3v) is 4.84. The van der Waals surface area contributed by atoms with Crippen LogP contribution < -0.4 is 4.74 Å². The van der Waals surface area contributed by atoms with Gasteiger partial charge in [0.2, 0.25) is 0 Å². The summed E-state index contributed by atoms with van der Waals surface area (Å²) in [5, 5.41) is 13.4. The predicted octanol–water partition coefficient (Wildman–Crippen LogP) is 4.08. The van der Waals surface area contributed by atoms with E-state index in [9.17, 15) is 18.7 Å². The Hall–Kier alpha value is -3.03. The summed E-state index contributed by atoms with van der Waals surface area (Å²) in [7, 11) is 0. The zero-order chi connectivity index (χ0) is 21.3. The van der Waals surface area contributed by atoms with Crippen molar-refractivity contribution in [2.45, 2.75) is 46.5 Å². The van der Waals surface area contributed by atoms with E-state index in [-0.39, 0.29) is 48.0 Å².